The number of thiol groups is 1. The fourth-order valence-corrected chi connectivity index (χ4v) is 1.40. The molecule has 0 radical (unpaired) electrons. The molecule has 0 aliphatic rings. The highest BCUT2D eigenvalue weighted by molar-refractivity contribution is 7.80. The predicted molar refractivity (Wildman–Crippen MR) is 57.2 cm³/mol. The number of unbranched alkanes of at least 4 members (excludes halogenated alkanes) is 5. The average Bonchev–Trinajstić information content (AvgIpc) is 2.16. The van der Waals surface area contributed by atoms with Crippen LogP contribution in [0.4, 0.5) is 0 Å². The molecule has 3 heteroatoms. The number of carbonyl (C=O) groups excluding carboxylic acids is 2. The van der Waals surface area contributed by atoms with Crippen molar-refractivity contribution in [1.29, 1.82) is 0 Å². The van der Waals surface area contributed by atoms with Gasteiger partial charge in [0.05, 0.1) is 0 Å². The van der Waals surface area contributed by atoms with Gasteiger partial charge in [-0.25, -0.2) is 0 Å². The summed E-state index contributed by atoms with van der Waals surface area (Å²) >= 11 is 4.12. The first-order valence-electron chi connectivity index (χ1n) is 4.90. The van der Waals surface area contributed by atoms with Gasteiger partial charge < -0.3 is 0 Å². The normalized spacial score (nSPS) is 9.92. The van der Waals surface area contributed by atoms with Crippen molar-refractivity contribution < 1.29 is 9.59 Å². The summed E-state index contributed by atoms with van der Waals surface area (Å²) in [6, 6.07) is 0. The molecule has 0 unspecified atom stereocenters. The number of carbonyl (C=O) groups is 2. The van der Waals surface area contributed by atoms with Crippen LogP contribution in [-0.4, -0.2) is 17.8 Å². The molecule has 0 spiro atoms. The highest BCUT2D eigenvalue weighted by Crippen LogP contribution is 2.07. The number of ketones is 1. The smallest absolute Gasteiger partial charge is 0.195 e. The van der Waals surface area contributed by atoms with E-state index in [1.165, 1.54) is 25.7 Å². The molecule has 0 aliphatic heterocycles. The zero-order valence-corrected chi connectivity index (χ0v) is 8.89. The molecule has 13 heavy (non-hydrogen) atoms. The zero-order chi connectivity index (χ0) is 9.94. The fourth-order valence-electron chi connectivity index (χ4n) is 1.18. The Morgan fingerprint density at radius 2 is 1.54 bits per heavy atom. The molecule has 0 bridgehead atoms. The lowest BCUT2D eigenvalue weighted by Crippen LogP contribution is -1.97. The molecule has 0 heterocycles. The summed E-state index contributed by atoms with van der Waals surface area (Å²) in [5, 5.41) is 0. The largest absolute Gasteiger partial charge is 0.295 e. The molecular formula is C10H18O2S. The van der Waals surface area contributed by atoms with Crippen molar-refractivity contribution in [3.05, 3.63) is 0 Å². The first-order chi connectivity index (χ1) is 6.31. The topological polar surface area (TPSA) is 34.1 Å². The van der Waals surface area contributed by atoms with Crippen molar-refractivity contribution in [2.24, 2.45) is 0 Å². The van der Waals surface area contributed by atoms with Crippen molar-refractivity contribution in [2.75, 3.05) is 5.75 Å². The average molecular weight is 202 g/mol. The number of aldehydes is 1. The minimum absolute atomic E-state index is 0.268. The van der Waals surface area contributed by atoms with E-state index < -0.39 is 0 Å². The third-order valence-electron chi connectivity index (χ3n) is 1.96. The van der Waals surface area contributed by atoms with Gasteiger partial charge in [0.25, 0.3) is 0 Å². The highest BCUT2D eigenvalue weighted by atomic mass is 32.1. The van der Waals surface area contributed by atoms with Gasteiger partial charge in [-0.1, -0.05) is 25.7 Å². The summed E-state index contributed by atoms with van der Waals surface area (Å²) in [5.41, 5.74) is 0. The van der Waals surface area contributed by atoms with Gasteiger partial charge >= 0.3 is 0 Å². The van der Waals surface area contributed by atoms with Crippen LogP contribution in [0.2, 0.25) is 0 Å². The molecule has 0 amide bonds. The summed E-state index contributed by atoms with van der Waals surface area (Å²) < 4.78 is 0. The molecular weight excluding hydrogens is 184 g/mol. The second-order valence-electron chi connectivity index (χ2n) is 3.18. The summed E-state index contributed by atoms with van der Waals surface area (Å²) in [4.78, 5) is 20.5. The van der Waals surface area contributed by atoms with E-state index in [0.717, 1.165) is 18.6 Å². The maximum atomic E-state index is 10.6. The first kappa shape index (κ1) is 12.7. The van der Waals surface area contributed by atoms with Crippen LogP contribution < -0.4 is 0 Å². The van der Waals surface area contributed by atoms with Crippen LogP contribution in [0.15, 0.2) is 0 Å². The Hall–Kier alpha value is -0.310. The van der Waals surface area contributed by atoms with E-state index in [-0.39, 0.29) is 5.78 Å². The Bertz CT molecular complexity index is 146. The van der Waals surface area contributed by atoms with Crippen LogP contribution in [-0.2, 0) is 9.59 Å². The number of hydrogen-bond acceptors (Lipinski definition) is 3. The Morgan fingerprint density at radius 1 is 1.00 bits per heavy atom. The lowest BCUT2D eigenvalue weighted by molar-refractivity contribution is -0.129. The molecule has 0 N–H and O–H groups in total. The SMILES string of the molecule is O=CC(=O)CCCCCCCCS. The predicted octanol–water partition coefficient (Wildman–Crippen LogP) is 2.41. The summed E-state index contributed by atoms with van der Waals surface area (Å²) in [6.07, 6.45) is 7.55. The number of rotatable bonds is 9. The Kier molecular flexibility index (Phi) is 9.54. The molecule has 0 saturated carbocycles. The Morgan fingerprint density at radius 3 is 2.08 bits per heavy atom. The molecule has 0 aromatic carbocycles. The van der Waals surface area contributed by atoms with Crippen LogP contribution in [0.1, 0.15) is 44.9 Å². The quantitative estimate of drug-likeness (QED) is 0.270. The molecule has 0 saturated heterocycles. The van der Waals surface area contributed by atoms with Gasteiger partial charge in [0.2, 0.25) is 0 Å². The number of Topliss-reactive ketones (excluding diaryl/α,β-unsaturated/α-hetero) is 1. The highest BCUT2D eigenvalue weighted by Gasteiger charge is 1.97. The molecule has 0 aliphatic carbocycles. The van der Waals surface area contributed by atoms with Crippen molar-refractivity contribution in [3.63, 3.8) is 0 Å². The van der Waals surface area contributed by atoms with Crippen LogP contribution in [0.5, 0.6) is 0 Å². The molecule has 0 fully saturated rings. The monoisotopic (exact) mass is 202 g/mol. The lowest BCUT2D eigenvalue weighted by atomic mass is 10.1. The minimum Gasteiger partial charge on any atom is -0.295 e. The van der Waals surface area contributed by atoms with E-state index >= 15 is 0 Å². The van der Waals surface area contributed by atoms with Gasteiger partial charge in [0.15, 0.2) is 12.1 Å². The van der Waals surface area contributed by atoms with E-state index in [1.54, 1.807) is 0 Å². The third kappa shape index (κ3) is 9.61. The van der Waals surface area contributed by atoms with E-state index in [4.69, 9.17) is 0 Å². The summed E-state index contributed by atoms with van der Waals surface area (Å²) in [6.45, 7) is 0. The van der Waals surface area contributed by atoms with E-state index in [0.29, 0.717) is 12.7 Å². The number of hydrogen-bond donors (Lipinski definition) is 1. The lowest BCUT2D eigenvalue weighted by Gasteiger charge is -1.98. The van der Waals surface area contributed by atoms with Crippen molar-refractivity contribution in [2.45, 2.75) is 44.9 Å². The molecule has 76 valence electrons. The van der Waals surface area contributed by atoms with E-state index in [2.05, 4.69) is 12.6 Å². The zero-order valence-electron chi connectivity index (χ0n) is 8.00. The van der Waals surface area contributed by atoms with Crippen molar-refractivity contribution in [1.82, 2.24) is 0 Å². The summed E-state index contributed by atoms with van der Waals surface area (Å²) in [5.74, 6) is 0.694. The van der Waals surface area contributed by atoms with Gasteiger partial charge in [0.1, 0.15) is 0 Å². The molecule has 0 aromatic heterocycles. The molecule has 0 rings (SSSR count). The standard InChI is InChI=1S/C10H18O2S/c11-9-10(12)7-5-3-1-2-4-6-8-13/h9,13H,1-8H2. The second-order valence-corrected chi connectivity index (χ2v) is 3.63. The van der Waals surface area contributed by atoms with Gasteiger partial charge in [0, 0.05) is 6.42 Å². The summed E-state index contributed by atoms with van der Waals surface area (Å²) in [7, 11) is 0. The van der Waals surface area contributed by atoms with Gasteiger partial charge in [-0.3, -0.25) is 9.59 Å². The fraction of sp³-hybridized carbons (Fsp3) is 0.800. The van der Waals surface area contributed by atoms with Crippen LogP contribution >= 0.6 is 12.6 Å². The van der Waals surface area contributed by atoms with Gasteiger partial charge in [-0.2, -0.15) is 12.6 Å². The maximum absolute atomic E-state index is 10.6. The van der Waals surface area contributed by atoms with Crippen molar-refractivity contribution >= 4 is 24.7 Å². The van der Waals surface area contributed by atoms with Gasteiger partial charge in [-0.05, 0) is 18.6 Å². The molecule has 0 atom stereocenters. The van der Waals surface area contributed by atoms with Gasteiger partial charge in [-0.15, -0.1) is 0 Å². The Balaban J connectivity index is 2.99. The molecule has 0 aromatic rings. The van der Waals surface area contributed by atoms with E-state index in [9.17, 15) is 9.59 Å². The van der Waals surface area contributed by atoms with Crippen LogP contribution in [0.25, 0.3) is 0 Å². The molecule has 2 nitrogen and oxygen atoms in total. The van der Waals surface area contributed by atoms with Crippen molar-refractivity contribution in [3.8, 4) is 0 Å². The van der Waals surface area contributed by atoms with Crippen LogP contribution in [0, 0.1) is 0 Å². The maximum Gasteiger partial charge on any atom is 0.195 e. The second kappa shape index (κ2) is 9.78. The minimum atomic E-state index is -0.268. The third-order valence-corrected chi connectivity index (χ3v) is 2.28. The Labute approximate surface area is 85.5 Å². The van der Waals surface area contributed by atoms with Crippen LogP contribution in [0.3, 0.4) is 0 Å². The first-order valence-corrected chi connectivity index (χ1v) is 5.53. The van der Waals surface area contributed by atoms with E-state index in [1.807, 2.05) is 0 Å².